The number of carbonyl (C=O) groups excluding carboxylic acids is 1. The van der Waals surface area contributed by atoms with Gasteiger partial charge in [-0.15, -0.1) is 22.7 Å². The van der Waals surface area contributed by atoms with Crippen LogP contribution in [0.2, 0.25) is 0 Å². The van der Waals surface area contributed by atoms with Crippen LogP contribution in [0.25, 0.3) is 21.2 Å². The van der Waals surface area contributed by atoms with Crippen molar-refractivity contribution in [3.05, 3.63) is 45.5 Å². The second kappa shape index (κ2) is 5.42. The standard InChI is InChI=1S/C16H12O3S2/c1-9-16(11-4-2-3-5-13(11)21-9)10-6-14(20-8-10)12(17)7-15(18)19/h2-6,8H,7H2,1H3,(H,18,19). The molecule has 0 fully saturated rings. The largest absolute Gasteiger partial charge is 0.481 e. The molecule has 0 aliphatic rings. The molecular formula is C16H12O3S2. The van der Waals surface area contributed by atoms with Crippen molar-refractivity contribution in [1.29, 1.82) is 0 Å². The number of carboxylic acid groups (broad SMARTS) is 1. The van der Waals surface area contributed by atoms with Gasteiger partial charge in [-0.2, -0.15) is 0 Å². The molecule has 0 radical (unpaired) electrons. The van der Waals surface area contributed by atoms with Crippen molar-refractivity contribution in [3.63, 3.8) is 0 Å². The van der Waals surface area contributed by atoms with E-state index >= 15 is 0 Å². The van der Waals surface area contributed by atoms with E-state index in [1.807, 2.05) is 17.5 Å². The van der Waals surface area contributed by atoms with Crippen LogP contribution in [0.3, 0.4) is 0 Å². The number of hydrogen-bond acceptors (Lipinski definition) is 4. The van der Waals surface area contributed by atoms with Gasteiger partial charge in [-0.25, -0.2) is 0 Å². The third kappa shape index (κ3) is 2.62. The van der Waals surface area contributed by atoms with E-state index in [2.05, 4.69) is 19.1 Å². The van der Waals surface area contributed by atoms with E-state index in [0.717, 1.165) is 11.1 Å². The summed E-state index contributed by atoms with van der Waals surface area (Å²) in [6, 6.07) is 9.97. The molecule has 1 aromatic carbocycles. The highest BCUT2D eigenvalue weighted by atomic mass is 32.1. The maximum atomic E-state index is 11.8. The molecule has 0 aliphatic heterocycles. The normalized spacial score (nSPS) is 10.9. The molecule has 0 unspecified atom stereocenters. The molecule has 3 aromatic rings. The molecule has 2 heterocycles. The molecule has 2 aromatic heterocycles. The fourth-order valence-electron chi connectivity index (χ4n) is 2.36. The minimum atomic E-state index is -1.09. The van der Waals surface area contributed by atoms with Gasteiger partial charge < -0.3 is 5.11 Å². The third-order valence-corrected chi connectivity index (χ3v) is 5.30. The summed E-state index contributed by atoms with van der Waals surface area (Å²) in [5, 5.41) is 11.8. The first-order valence-electron chi connectivity index (χ1n) is 6.38. The number of rotatable bonds is 4. The zero-order valence-electron chi connectivity index (χ0n) is 11.3. The van der Waals surface area contributed by atoms with Crippen LogP contribution >= 0.6 is 22.7 Å². The minimum Gasteiger partial charge on any atom is -0.481 e. The molecule has 106 valence electrons. The Morgan fingerprint density at radius 2 is 2.00 bits per heavy atom. The summed E-state index contributed by atoms with van der Waals surface area (Å²) in [5.74, 6) is -1.43. The fraction of sp³-hybridized carbons (Fsp3) is 0.125. The molecule has 0 saturated carbocycles. The summed E-state index contributed by atoms with van der Waals surface area (Å²) in [6.45, 7) is 2.07. The summed E-state index contributed by atoms with van der Waals surface area (Å²) in [7, 11) is 0. The Morgan fingerprint density at radius 3 is 2.76 bits per heavy atom. The van der Waals surface area contributed by atoms with Gasteiger partial charge in [-0.1, -0.05) is 18.2 Å². The predicted octanol–water partition coefficient (Wildman–Crippen LogP) is 4.60. The average Bonchev–Trinajstić information content (AvgIpc) is 3.00. The van der Waals surface area contributed by atoms with Gasteiger partial charge >= 0.3 is 5.97 Å². The van der Waals surface area contributed by atoms with Crippen LogP contribution in [0.4, 0.5) is 0 Å². The maximum Gasteiger partial charge on any atom is 0.311 e. The molecule has 1 N–H and O–H groups in total. The SMILES string of the molecule is Cc1sc2ccccc2c1-c1csc(C(=O)CC(=O)O)c1. The van der Waals surface area contributed by atoms with Gasteiger partial charge in [-0.05, 0) is 30.0 Å². The van der Waals surface area contributed by atoms with Crippen molar-refractivity contribution in [2.45, 2.75) is 13.3 Å². The highest BCUT2D eigenvalue weighted by Gasteiger charge is 2.16. The number of carbonyl (C=O) groups is 2. The molecular weight excluding hydrogens is 304 g/mol. The zero-order valence-corrected chi connectivity index (χ0v) is 12.9. The molecule has 3 rings (SSSR count). The van der Waals surface area contributed by atoms with Gasteiger partial charge in [0.2, 0.25) is 0 Å². The molecule has 0 saturated heterocycles. The Labute approximate surface area is 129 Å². The minimum absolute atomic E-state index is 0.337. The lowest BCUT2D eigenvalue weighted by Crippen LogP contribution is -2.04. The van der Waals surface area contributed by atoms with E-state index in [0.29, 0.717) is 4.88 Å². The lowest BCUT2D eigenvalue weighted by atomic mass is 10.0. The number of Topliss-reactive ketones (excluding diaryl/α,β-unsaturated/α-hetero) is 1. The smallest absolute Gasteiger partial charge is 0.311 e. The molecule has 0 spiro atoms. The van der Waals surface area contributed by atoms with Crippen LogP contribution in [-0.4, -0.2) is 16.9 Å². The molecule has 0 aliphatic carbocycles. The average molecular weight is 316 g/mol. The van der Waals surface area contributed by atoms with Crippen LogP contribution in [0.1, 0.15) is 21.0 Å². The van der Waals surface area contributed by atoms with Gasteiger partial charge in [0.05, 0.1) is 4.88 Å². The number of thiophene rings is 2. The Kier molecular flexibility index (Phi) is 3.61. The number of ketones is 1. The maximum absolute atomic E-state index is 11.8. The quantitative estimate of drug-likeness (QED) is 0.565. The summed E-state index contributed by atoms with van der Waals surface area (Å²) < 4.78 is 1.22. The van der Waals surface area contributed by atoms with Crippen LogP contribution in [0.15, 0.2) is 35.7 Å². The zero-order chi connectivity index (χ0) is 15.0. The van der Waals surface area contributed by atoms with Gasteiger partial charge in [0.1, 0.15) is 6.42 Å². The predicted molar refractivity (Wildman–Crippen MR) is 86.5 cm³/mol. The van der Waals surface area contributed by atoms with E-state index < -0.39 is 12.4 Å². The third-order valence-electron chi connectivity index (χ3n) is 3.25. The first kappa shape index (κ1) is 14.0. The van der Waals surface area contributed by atoms with Crippen molar-refractivity contribution in [1.82, 2.24) is 0 Å². The van der Waals surface area contributed by atoms with Crippen molar-refractivity contribution >= 4 is 44.5 Å². The van der Waals surface area contributed by atoms with E-state index in [1.165, 1.54) is 26.3 Å². The number of carboxylic acids is 1. The van der Waals surface area contributed by atoms with E-state index in [-0.39, 0.29) is 5.78 Å². The number of hydrogen-bond donors (Lipinski definition) is 1. The van der Waals surface area contributed by atoms with E-state index in [1.54, 1.807) is 17.4 Å². The summed E-state index contributed by atoms with van der Waals surface area (Å²) in [6.07, 6.45) is -0.455. The Hall–Kier alpha value is -1.98. The summed E-state index contributed by atoms with van der Waals surface area (Å²) in [4.78, 5) is 24.2. The van der Waals surface area contributed by atoms with Crippen molar-refractivity contribution in [2.24, 2.45) is 0 Å². The lowest BCUT2D eigenvalue weighted by Gasteiger charge is -1.97. The number of fused-ring (bicyclic) bond motifs is 1. The Balaban J connectivity index is 2.04. The van der Waals surface area contributed by atoms with Gasteiger partial charge in [0.15, 0.2) is 5.78 Å². The second-order valence-corrected chi connectivity index (χ2v) is 6.89. The van der Waals surface area contributed by atoms with Crippen molar-refractivity contribution in [2.75, 3.05) is 0 Å². The van der Waals surface area contributed by atoms with Crippen molar-refractivity contribution < 1.29 is 14.7 Å². The number of benzene rings is 1. The first-order chi connectivity index (χ1) is 10.1. The van der Waals surface area contributed by atoms with Gasteiger partial charge in [-0.3, -0.25) is 9.59 Å². The highest BCUT2D eigenvalue weighted by Crippen LogP contribution is 2.39. The van der Waals surface area contributed by atoms with Crippen molar-refractivity contribution in [3.8, 4) is 11.1 Å². The second-order valence-electron chi connectivity index (χ2n) is 4.72. The topological polar surface area (TPSA) is 54.4 Å². The lowest BCUT2D eigenvalue weighted by molar-refractivity contribution is -0.135. The summed E-state index contributed by atoms with van der Waals surface area (Å²) in [5.41, 5.74) is 2.13. The Morgan fingerprint density at radius 1 is 1.24 bits per heavy atom. The molecule has 3 nitrogen and oxygen atoms in total. The van der Waals surface area contributed by atoms with Gasteiger partial charge in [0.25, 0.3) is 0 Å². The summed E-state index contributed by atoms with van der Waals surface area (Å²) >= 11 is 3.03. The highest BCUT2D eigenvalue weighted by molar-refractivity contribution is 7.19. The first-order valence-corrected chi connectivity index (χ1v) is 8.08. The number of aryl methyl sites for hydroxylation is 1. The van der Waals surface area contributed by atoms with Gasteiger partial charge in [0, 0.05) is 20.5 Å². The van der Waals surface area contributed by atoms with E-state index in [9.17, 15) is 9.59 Å². The molecule has 0 bridgehead atoms. The molecule has 21 heavy (non-hydrogen) atoms. The van der Waals surface area contributed by atoms with E-state index in [4.69, 9.17) is 5.11 Å². The number of aliphatic carboxylic acids is 1. The monoisotopic (exact) mass is 316 g/mol. The molecule has 0 amide bonds. The van der Waals surface area contributed by atoms with Crippen LogP contribution in [0.5, 0.6) is 0 Å². The molecule has 0 atom stereocenters. The molecule has 5 heteroatoms. The van der Waals surface area contributed by atoms with Crippen LogP contribution < -0.4 is 0 Å². The van der Waals surface area contributed by atoms with Crippen LogP contribution in [0, 0.1) is 6.92 Å². The van der Waals surface area contributed by atoms with Crippen LogP contribution in [-0.2, 0) is 4.79 Å². The fourth-order valence-corrected chi connectivity index (χ4v) is 4.29. The Bertz CT molecular complexity index is 842.